The highest BCUT2D eigenvalue weighted by atomic mass is 19.4. The zero-order chi connectivity index (χ0) is 22.9. The number of nitrogens with zero attached hydrogens (tertiary/aromatic N) is 5. The first-order valence-corrected chi connectivity index (χ1v) is 10.8. The minimum absolute atomic E-state index is 0.00104. The van der Waals surface area contributed by atoms with Crippen LogP contribution in [0.15, 0.2) is 29.3 Å². The summed E-state index contributed by atoms with van der Waals surface area (Å²) in [5.74, 6) is -0.506. The van der Waals surface area contributed by atoms with Gasteiger partial charge in [0.05, 0.1) is 23.0 Å². The van der Waals surface area contributed by atoms with Gasteiger partial charge < -0.3 is 14.0 Å². The van der Waals surface area contributed by atoms with Gasteiger partial charge in [0.25, 0.3) is 5.71 Å². The molecule has 4 rings (SSSR count). The second-order valence-corrected chi connectivity index (χ2v) is 8.58. The minimum atomic E-state index is -4.55. The number of rotatable bonds is 6. The molecule has 1 aliphatic heterocycles. The Balaban J connectivity index is 1.54. The largest absolute Gasteiger partial charge is 0.417 e. The number of hydrogen-bond donors (Lipinski definition) is 0. The molecule has 1 fully saturated rings. The van der Waals surface area contributed by atoms with E-state index in [0.717, 1.165) is 6.07 Å². The van der Waals surface area contributed by atoms with Crippen LogP contribution in [0.25, 0.3) is 11.1 Å². The van der Waals surface area contributed by atoms with Crippen LogP contribution >= 0.6 is 0 Å². The molecule has 3 aromatic rings. The molecule has 0 N–H and O–H groups in total. The average molecular weight is 449 g/mol. The topological polar surface area (TPSA) is 77.0 Å². The number of alkyl halides is 3. The maximum Gasteiger partial charge on any atom is 0.417 e. The number of likely N-dealkylation sites (tertiary alicyclic amines) is 1. The summed E-state index contributed by atoms with van der Waals surface area (Å²) in [5.41, 5.74) is -0.314. The van der Waals surface area contributed by atoms with Gasteiger partial charge >= 0.3 is 6.18 Å². The van der Waals surface area contributed by atoms with Crippen molar-refractivity contribution < 1.29 is 22.5 Å². The van der Waals surface area contributed by atoms with Gasteiger partial charge in [0, 0.05) is 50.1 Å². The number of piperidine rings is 1. The molecule has 0 aromatic carbocycles. The number of halogens is 3. The zero-order valence-corrected chi connectivity index (χ0v) is 18.1. The summed E-state index contributed by atoms with van der Waals surface area (Å²) in [6.07, 6.45) is 3.06. The molecule has 0 spiro atoms. The molecule has 10 heteroatoms. The highest BCUT2D eigenvalue weighted by Crippen LogP contribution is 2.40. The molecular formula is C22H26F3N5O2. The van der Waals surface area contributed by atoms with Crippen LogP contribution in [0.4, 0.5) is 13.2 Å². The van der Waals surface area contributed by atoms with Gasteiger partial charge in [-0.05, 0) is 31.2 Å². The molecule has 4 heterocycles. The number of amides is 1. The quantitative estimate of drug-likeness (QED) is 0.543. The molecule has 1 saturated heterocycles. The van der Waals surface area contributed by atoms with Crippen LogP contribution in [0, 0.1) is 0 Å². The lowest BCUT2D eigenvalue weighted by Gasteiger charge is -2.32. The fourth-order valence-corrected chi connectivity index (χ4v) is 4.21. The molecule has 0 aliphatic carbocycles. The lowest BCUT2D eigenvalue weighted by Crippen LogP contribution is -2.39. The molecule has 3 aromatic heterocycles. The zero-order valence-electron chi connectivity index (χ0n) is 18.1. The normalized spacial score (nSPS) is 17.4. The predicted octanol–water partition coefficient (Wildman–Crippen LogP) is 4.75. The molecule has 1 atom stereocenters. The Labute approximate surface area is 183 Å². The Bertz CT molecular complexity index is 1080. The molecule has 0 saturated carbocycles. The smallest absolute Gasteiger partial charge is 0.342 e. The van der Waals surface area contributed by atoms with E-state index in [0.29, 0.717) is 51.0 Å². The molecule has 0 bridgehead atoms. The van der Waals surface area contributed by atoms with Crippen LogP contribution in [-0.2, 0) is 17.5 Å². The lowest BCUT2D eigenvalue weighted by molar-refractivity contribution is -0.136. The van der Waals surface area contributed by atoms with Crippen molar-refractivity contribution in [1.29, 1.82) is 0 Å². The van der Waals surface area contributed by atoms with Crippen molar-refractivity contribution in [3.05, 3.63) is 41.7 Å². The maximum absolute atomic E-state index is 13.9. The van der Waals surface area contributed by atoms with E-state index in [4.69, 9.17) is 4.52 Å². The van der Waals surface area contributed by atoms with Crippen LogP contribution in [0.5, 0.6) is 0 Å². The fraction of sp³-hybridized carbons (Fsp3) is 0.545. The summed E-state index contributed by atoms with van der Waals surface area (Å²) in [6.45, 7) is 5.18. The molecule has 1 aliphatic rings. The van der Waals surface area contributed by atoms with Gasteiger partial charge in [0.15, 0.2) is 0 Å². The number of imidazole rings is 1. The van der Waals surface area contributed by atoms with E-state index in [9.17, 15) is 18.0 Å². The van der Waals surface area contributed by atoms with Gasteiger partial charge in [-0.15, -0.1) is 0 Å². The first-order chi connectivity index (χ1) is 15.2. The number of aryl methyl sites for hydroxylation is 1. The third kappa shape index (κ3) is 4.63. The number of aromatic nitrogens is 4. The summed E-state index contributed by atoms with van der Waals surface area (Å²) >= 11 is 0. The van der Waals surface area contributed by atoms with E-state index >= 15 is 0 Å². The van der Waals surface area contributed by atoms with Crippen LogP contribution in [0.1, 0.15) is 68.3 Å². The third-order valence-electron chi connectivity index (χ3n) is 5.92. The number of carbonyl (C=O) groups is 1. The Morgan fingerprint density at radius 2 is 2.16 bits per heavy atom. The monoisotopic (exact) mass is 449 g/mol. The maximum atomic E-state index is 13.9. The fourth-order valence-electron chi connectivity index (χ4n) is 4.21. The second-order valence-electron chi connectivity index (χ2n) is 8.58. The van der Waals surface area contributed by atoms with E-state index in [1.807, 2.05) is 10.8 Å². The SMILES string of the molecule is CC(C)c1cc(C(F)(F)F)c2c([C@@H]3CCCN(C(=O)CCCn4ccnc4)C3)noc2n1. The van der Waals surface area contributed by atoms with Crippen molar-refractivity contribution in [2.75, 3.05) is 13.1 Å². The van der Waals surface area contributed by atoms with Crippen molar-refractivity contribution in [3.63, 3.8) is 0 Å². The highest BCUT2D eigenvalue weighted by molar-refractivity contribution is 5.82. The summed E-state index contributed by atoms with van der Waals surface area (Å²) in [6, 6.07) is 1.09. The van der Waals surface area contributed by atoms with Gasteiger partial charge in [-0.3, -0.25) is 4.79 Å². The van der Waals surface area contributed by atoms with Crippen molar-refractivity contribution in [3.8, 4) is 0 Å². The number of fused-ring (bicyclic) bond motifs is 1. The predicted molar refractivity (Wildman–Crippen MR) is 111 cm³/mol. The Morgan fingerprint density at radius 1 is 1.34 bits per heavy atom. The summed E-state index contributed by atoms with van der Waals surface area (Å²) in [4.78, 5) is 22.7. The first-order valence-electron chi connectivity index (χ1n) is 10.8. The molecular weight excluding hydrogens is 423 g/mol. The number of pyridine rings is 1. The first kappa shape index (κ1) is 22.3. The van der Waals surface area contributed by atoms with Gasteiger partial charge in [-0.25, -0.2) is 9.97 Å². The standard InChI is InChI=1S/C22H26F3N5O2/c1-14(2)17-11-16(22(23,24)25)19-20(28-32-21(19)27-17)15-5-3-9-30(12-15)18(31)6-4-8-29-10-7-26-13-29/h7,10-11,13-15H,3-6,8-9,12H2,1-2H3/t15-/m1/s1. The Hall–Kier alpha value is -2.91. The van der Waals surface area contributed by atoms with Crippen molar-refractivity contribution in [2.45, 2.75) is 64.1 Å². The van der Waals surface area contributed by atoms with Crippen LogP contribution in [0.2, 0.25) is 0 Å². The molecule has 1 amide bonds. The third-order valence-corrected chi connectivity index (χ3v) is 5.92. The van der Waals surface area contributed by atoms with E-state index < -0.39 is 11.7 Å². The summed E-state index contributed by atoms with van der Waals surface area (Å²) < 4.78 is 48.8. The van der Waals surface area contributed by atoms with E-state index in [1.165, 1.54) is 0 Å². The van der Waals surface area contributed by atoms with Crippen molar-refractivity contribution in [1.82, 2.24) is 24.6 Å². The van der Waals surface area contributed by atoms with Crippen LogP contribution in [-0.4, -0.2) is 43.6 Å². The molecule has 0 unspecified atom stereocenters. The van der Waals surface area contributed by atoms with Crippen molar-refractivity contribution >= 4 is 17.0 Å². The molecule has 32 heavy (non-hydrogen) atoms. The van der Waals surface area contributed by atoms with Gasteiger partial charge in [-0.1, -0.05) is 19.0 Å². The Morgan fingerprint density at radius 3 is 2.84 bits per heavy atom. The number of carbonyl (C=O) groups excluding carboxylic acids is 1. The summed E-state index contributed by atoms with van der Waals surface area (Å²) in [5, 5.41) is 3.92. The molecule has 7 nitrogen and oxygen atoms in total. The van der Waals surface area contributed by atoms with Gasteiger partial charge in [-0.2, -0.15) is 13.2 Å². The number of hydrogen-bond acceptors (Lipinski definition) is 5. The second kappa shape index (κ2) is 8.91. The van der Waals surface area contributed by atoms with Gasteiger partial charge in [0.2, 0.25) is 5.91 Å². The minimum Gasteiger partial charge on any atom is -0.342 e. The van der Waals surface area contributed by atoms with E-state index in [2.05, 4.69) is 15.1 Å². The molecule has 0 radical (unpaired) electrons. The van der Waals surface area contributed by atoms with E-state index in [1.54, 1.807) is 31.3 Å². The molecule has 172 valence electrons. The van der Waals surface area contributed by atoms with Crippen LogP contribution in [0.3, 0.4) is 0 Å². The summed E-state index contributed by atoms with van der Waals surface area (Å²) in [7, 11) is 0. The van der Waals surface area contributed by atoms with Gasteiger partial charge in [0.1, 0.15) is 0 Å². The lowest BCUT2D eigenvalue weighted by atomic mass is 9.91. The van der Waals surface area contributed by atoms with Crippen molar-refractivity contribution in [2.24, 2.45) is 0 Å². The van der Waals surface area contributed by atoms with E-state index in [-0.39, 0.29) is 34.5 Å². The highest BCUT2D eigenvalue weighted by Gasteiger charge is 2.38. The van der Waals surface area contributed by atoms with Crippen LogP contribution < -0.4 is 0 Å². The Kier molecular flexibility index (Phi) is 6.21. The average Bonchev–Trinajstić information content (AvgIpc) is 3.42.